The standard InChI is InChI=1S/C18H15N3O5/c22-18(17-12-25-15-5-1-2-6-16(15)26-17)20-19-11-3-4-13-7-9-14(10-8-13)21(23)24/h1-11,17H,12H2,(H,20,22)/b4-3+,19-11+. The molecule has 0 bridgehead atoms. The molecule has 0 saturated carbocycles. The number of hydrazone groups is 1. The van der Waals surface area contributed by atoms with Crippen molar-refractivity contribution in [1.82, 2.24) is 5.43 Å². The van der Waals surface area contributed by atoms with Crippen molar-refractivity contribution in [1.29, 1.82) is 0 Å². The van der Waals surface area contributed by atoms with Gasteiger partial charge in [0, 0.05) is 18.3 Å². The van der Waals surface area contributed by atoms with Gasteiger partial charge in [-0.2, -0.15) is 5.10 Å². The molecular formula is C18H15N3O5. The number of para-hydroxylation sites is 2. The first-order valence-corrected chi connectivity index (χ1v) is 7.76. The number of hydrogen-bond acceptors (Lipinski definition) is 6. The van der Waals surface area contributed by atoms with E-state index in [-0.39, 0.29) is 12.3 Å². The second-order valence-corrected chi connectivity index (χ2v) is 5.33. The van der Waals surface area contributed by atoms with Gasteiger partial charge in [-0.05, 0) is 35.9 Å². The number of allylic oxidation sites excluding steroid dienone is 1. The maximum atomic E-state index is 12.0. The van der Waals surface area contributed by atoms with Gasteiger partial charge in [0.1, 0.15) is 6.61 Å². The van der Waals surface area contributed by atoms with Crippen LogP contribution in [0.15, 0.2) is 59.7 Å². The number of rotatable bonds is 5. The third-order valence-corrected chi connectivity index (χ3v) is 3.53. The average molecular weight is 353 g/mol. The fourth-order valence-corrected chi connectivity index (χ4v) is 2.23. The quantitative estimate of drug-likeness (QED) is 0.505. The minimum atomic E-state index is -0.777. The molecule has 0 aromatic heterocycles. The number of amides is 1. The number of carbonyl (C=O) groups is 1. The summed E-state index contributed by atoms with van der Waals surface area (Å²) in [6, 6.07) is 13.2. The zero-order valence-electron chi connectivity index (χ0n) is 13.6. The molecule has 1 aliphatic rings. The highest BCUT2D eigenvalue weighted by Crippen LogP contribution is 2.30. The van der Waals surface area contributed by atoms with Gasteiger partial charge in [-0.15, -0.1) is 0 Å². The van der Waals surface area contributed by atoms with Crippen LogP contribution in [0.4, 0.5) is 5.69 Å². The van der Waals surface area contributed by atoms with Crippen LogP contribution in [0.3, 0.4) is 0 Å². The van der Waals surface area contributed by atoms with E-state index < -0.39 is 16.9 Å². The van der Waals surface area contributed by atoms with Gasteiger partial charge in [-0.3, -0.25) is 14.9 Å². The SMILES string of the molecule is O=C(N/N=C/C=C/c1ccc([N+](=O)[O-])cc1)C1COc2ccccc2O1. The third kappa shape index (κ3) is 4.23. The summed E-state index contributed by atoms with van der Waals surface area (Å²) >= 11 is 0. The van der Waals surface area contributed by atoms with Crippen molar-refractivity contribution < 1.29 is 19.2 Å². The van der Waals surface area contributed by atoms with Crippen LogP contribution in [-0.2, 0) is 4.79 Å². The highest BCUT2D eigenvalue weighted by Gasteiger charge is 2.26. The Morgan fingerprint density at radius 3 is 2.65 bits per heavy atom. The van der Waals surface area contributed by atoms with Crippen LogP contribution in [-0.4, -0.2) is 29.8 Å². The Labute approximate surface area is 148 Å². The van der Waals surface area contributed by atoms with Gasteiger partial charge < -0.3 is 9.47 Å². The number of hydrogen-bond donors (Lipinski definition) is 1. The van der Waals surface area contributed by atoms with Gasteiger partial charge >= 0.3 is 0 Å². The van der Waals surface area contributed by atoms with E-state index in [0.717, 1.165) is 5.56 Å². The lowest BCUT2D eigenvalue weighted by molar-refractivity contribution is -0.384. The lowest BCUT2D eigenvalue weighted by Crippen LogP contribution is -2.42. The first-order valence-electron chi connectivity index (χ1n) is 7.76. The molecule has 0 spiro atoms. The third-order valence-electron chi connectivity index (χ3n) is 3.53. The van der Waals surface area contributed by atoms with E-state index in [1.54, 1.807) is 42.5 Å². The van der Waals surface area contributed by atoms with Crippen LogP contribution in [0.5, 0.6) is 11.5 Å². The Kier molecular flexibility index (Phi) is 5.23. The molecule has 1 amide bonds. The van der Waals surface area contributed by atoms with E-state index in [1.165, 1.54) is 18.3 Å². The summed E-state index contributed by atoms with van der Waals surface area (Å²) in [4.78, 5) is 22.1. The highest BCUT2D eigenvalue weighted by molar-refractivity contribution is 5.84. The summed E-state index contributed by atoms with van der Waals surface area (Å²) in [6.07, 6.45) is 3.93. The number of nitrogens with zero attached hydrogens (tertiary/aromatic N) is 2. The molecule has 2 aromatic rings. The number of ether oxygens (including phenoxy) is 2. The summed E-state index contributed by atoms with van der Waals surface area (Å²) in [5.74, 6) is 0.700. The molecule has 8 heteroatoms. The van der Waals surface area contributed by atoms with Crippen LogP contribution in [0.2, 0.25) is 0 Å². The highest BCUT2D eigenvalue weighted by atomic mass is 16.6. The second-order valence-electron chi connectivity index (χ2n) is 5.33. The minimum Gasteiger partial charge on any atom is -0.485 e. The number of carbonyl (C=O) groups excluding carboxylic acids is 1. The molecule has 132 valence electrons. The summed E-state index contributed by atoms with van der Waals surface area (Å²) in [6.45, 7) is 0.108. The lowest BCUT2D eigenvalue weighted by Gasteiger charge is -2.24. The summed E-state index contributed by atoms with van der Waals surface area (Å²) < 4.78 is 11.0. The smallest absolute Gasteiger partial charge is 0.284 e. The first kappa shape index (κ1) is 17.2. The Morgan fingerprint density at radius 2 is 1.92 bits per heavy atom. The van der Waals surface area contributed by atoms with Gasteiger partial charge in [-0.25, -0.2) is 5.43 Å². The zero-order chi connectivity index (χ0) is 18.4. The van der Waals surface area contributed by atoms with E-state index in [1.807, 2.05) is 6.07 Å². The van der Waals surface area contributed by atoms with Crippen molar-refractivity contribution >= 4 is 23.9 Å². The Hall–Kier alpha value is -3.68. The lowest BCUT2D eigenvalue weighted by atomic mass is 10.2. The fraction of sp³-hybridized carbons (Fsp3) is 0.111. The summed E-state index contributed by atoms with van der Waals surface area (Å²) in [7, 11) is 0. The number of nitrogens with one attached hydrogen (secondary N) is 1. The van der Waals surface area contributed by atoms with E-state index >= 15 is 0 Å². The first-order chi connectivity index (χ1) is 12.6. The molecule has 1 unspecified atom stereocenters. The van der Waals surface area contributed by atoms with Crippen molar-refractivity contribution in [3.8, 4) is 11.5 Å². The maximum Gasteiger partial charge on any atom is 0.284 e. The number of nitro groups is 1. The minimum absolute atomic E-state index is 0.0272. The Bertz CT molecular complexity index is 861. The number of nitro benzene ring substituents is 1. The molecule has 0 aliphatic carbocycles. The molecule has 0 radical (unpaired) electrons. The van der Waals surface area contributed by atoms with Crippen molar-refractivity contribution in [3.05, 3.63) is 70.3 Å². The molecule has 1 heterocycles. The monoisotopic (exact) mass is 353 g/mol. The van der Waals surface area contributed by atoms with Crippen LogP contribution in [0.25, 0.3) is 6.08 Å². The molecule has 1 aliphatic heterocycles. The van der Waals surface area contributed by atoms with Gasteiger partial charge in [0.25, 0.3) is 11.6 Å². The molecule has 8 nitrogen and oxygen atoms in total. The Balaban J connectivity index is 1.49. The molecule has 26 heavy (non-hydrogen) atoms. The van der Waals surface area contributed by atoms with Gasteiger partial charge in [-0.1, -0.05) is 18.2 Å². The maximum absolute atomic E-state index is 12.0. The van der Waals surface area contributed by atoms with Crippen molar-refractivity contribution in [2.24, 2.45) is 5.10 Å². The van der Waals surface area contributed by atoms with E-state index in [9.17, 15) is 14.9 Å². The van der Waals surface area contributed by atoms with Crippen molar-refractivity contribution in [2.75, 3.05) is 6.61 Å². The molecule has 0 fully saturated rings. The number of benzene rings is 2. The van der Waals surface area contributed by atoms with E-state index in [0.29, 0.717) is 11.5 Å². The van der Waals surface area contributed by atoms with Gasteiger partial charge in [0.15, 0.2) is 11.5 Å². The molecule has 0 saturated heterocycles. The van der Waals surface area contributed by atoms with Crippen LogP contribution in [0, 0.1) is 10.1 Å². The largest absolute Gasteiger partial charge is 0.485 e. The number of fused-ring (bicyclic) bond motifs is 1. The topological polar surface area (TPSA) is 103 Å². The molecule has 2 aromatic carbocycles. The van der Waals surface area contributed by atoms with Gasteiger partial charge in [0.05, 0.1) is 4.92 Å². The predicted octanol–water partition coefficient (Wildman–Crippen LogP) is 2.55. The van der Waals surface area contributed by atoms with Crippen molar-refractivity contribution in [2.45, 2.75) is 6.10 Å². The Morgan fingerprint density at radius 1 is 1.19 bits per heavy atom. The van der Waals surface area contributed by atoms with Crippen LogP contribution < -0.4 is 14.9 Å². The van der Waals surface area contributed by atoms with E-state index in [4.69, 9.17) is 9.47 Å². The predicted molar refractivity (Wildman–Crippen MR) is 95.1 cm³/mol. The van der Waals surface area contributed by atoms with Crippen LogP contribution >= 0.6 is 0 Å². The molecule has 1 atom stereocenters. The van der Waals surface area contributed by atoms with Crippen LogP contribution in [0.1, 0.15) is 5.56 Å². The molecule has 3 rings (SSSR count). The number of non-ortho nitro benzene ring substituents is 1. The van der Waals surface area contributed by atoms with E-state index in [2.05, 4.69) is 10.5 Å². The molecule has 1 N–H and O–H groups in total. The second kappa shape index (κ2) is 7.93. The van der Waals surface area contributed by atoms with Crippen molar-refractivity contribution in [3.63, 3.8) is 0 Å². The zero-order valence-corrected chi connectivity index (χ0v) is 13.6. The van der Waals surface area contributed by atoms with Gasteiger partial charge in [0.2, 0.25) is 6.10 Å². The summed E-state index contributed by atoms with van der Waals surface area (Å²) in [5.41, 5.74) is 3.18. The average Bonchev–Trinajstić information content (AvgIpc) is 2.67. The fourth-order valence-electron chi connectivity index (χ4n) is 2.23. The molecular weight excluding hydrogens is 338 g/mol. The normalized spacial score (nSPS) is 15.9. The summed E-state index contributed by atoms with van der Waals surface area (Å²) in [5, 5.41) is 14.4.